The third-order valence-electron chi connectivity index (χ3n) is 3.56. The van der Waals surface area contributed by atoms with Gasteiger partial charge in [0.2, 0.25) is 15.9 Å². The molecule has 0 radical (unpaired) electrons. The number of hydrogen-bond donors (Lipinski definition) is 2. The predicted octanol–water partition coefficient (Wildman–Crippen LogP) is -0.0273. The number of amides is 1. The van der Waals surface area contributed by atoms with Crippen LogP contribution in [0.5, 0.6) is 0 Å². The fraction of sp³-hybridized carbons (Fsp3) is 0.462. The minimum absolute atomic E-state index is 0. The quantitative estimate of drug-likeness (QED) is 0.507. The number of nitrogens with zero attached hydrogens (tertiary/aromatic N) is 2. The maximum atomic E-state index is 12.4. The van der Waals surface area contributed by atoms with Gasteiger partial charge in [-0.3, -0.25) is 14.9 Å². The van der Waals surface area contributed by atoms with Crippen LogP contribution in [0.1, 0.15) is 0 Å². The summed E-state index contributed by atoms with van der Waals surface area (Å²) in [5, 5.41) is 16.5. The van der Waals surface area contributed by atoms with E-state index in [1.165, 1.54) is 25.2 Å². The average molecular weight is 379 g/mol. The Morgan fingerprint density at radius 1 is 1.46 bits per heavy atom. The Morgan fingerprint density at radius 2 is 2.12 bits per heavy atom. The molecule has 1 amide bonds. The summed E-state index contributed by atoms with van der Waals surface area (Å²) in [6.45, 7) is 1.83. The van der Waals surface area contributed by atoms with E-state index in [4.69, 9.17) is 0 Å². The van der Waals surface area contributed by atoms with Crippen molar-refractivity contribution in [3.8, 4) is 0 Å². The van der Waals surface area contributed by atoms with E-state index < -0.39 is 20.9 Å². The van der Waals surface area contributed by atoms with Gasteiger partial charge in [-0.15, -0.1) is 12.4 Å². The van der Waals surface area contributed by atoms with Crippen molar-refractivity contribution in [3.63, 3.8) is 0 Å². The number of non-ortho nitro benzene ring substituents is 1. The zero-order chi connectivity index (χ0) is 17.0. The Hall–Kier alpha value is -1.75. The van der Waals surface area contributed by atoms with Crippen molar-refractivity contribution in [1.29, 1.82) is 0 Å². The molecule has 1 aliphatic heterocycles. The highest BCUT2D eigenvalue weighted by Gasteiger charge is 2.25. The number of nitro benzene ring substituents is 1. The highest BCUT2D eigenvalue weighted by Crippen LogP contribution is 2.19. The summed E-state index contributed by atoms with van der Waals surface area (Å²) < 4.78 is 25.6. The van der Waals surface area contributed by atoms with Crippen LogP contribution in [-0.4, -0.2) is 56.8 Å². The van der Waals surface area contributed by atoms with Gasteiger partial charge in [-0.2, -0.15) is 4.31 Å². The topological polar surface area (TPSA) is 122 Å². The highest BCUT2D eigenvalue weighted by atomic mass is 35.5. The van der Waals surface area contributed by atoms with Crippen molar-refractivity contribution in [2.24, 2.45) is 5.92 Å². The molecule has 1 saturated heterocycles. The lowest BCUT2D eigenvalue weighted by molar-refractivity contribution is -0.385. The van der Waals surface area contributed by atoms with Gasteiger partial charge < -0.3 is 10.6 Å². The molecule has 1 aliphatic rings. The summed E-state index contributed by atoms with van der Waals surface area (Å²) >= 11 is 0. The van der Waals surface area contributed by atoms with Crippen molar-refractivity contribution in [2.75, 3.05) is 33.2 Å². The number of rotatable bonds is 7. The zero-order valence-electron chi connectivity index (χ0n) is 13.0. The number of hydrogen-bond acceptors (Lipinski definition) is 6. The number of sulfonamides is 1. The van der Waals surface area contributed by atoms with Crippen LogP contribution < -0.4 is 10.6 Å². The molecule has 0 spiro atoms. The van der Waals surface area contributed by atoms with Crippen molar-refractivity contribution in [3.05, 3.63) is 34.4 Å². The number of nitrogens with one attached hydrogen (secondary N) is 2. The fourth-order valence-corrected chi connectivity index (χ4v) is 3.20. The van der Waals surface area contributed by atoms with Gasteiger partial charge in [-0.25, -0.2) is 8.42 Å². The standard InChI is InChI=1S/C13H18N4O5S.ClH/c1-16(9-13(18)15-8-10-6-14-7-10)23(21,22)12-4-2-3-11(5-12)17(19)20;/h2-5,10,14H,6-9H2,1H3,(H,15,18);1H. The van der Waals surface area contributed by atoms with Crippen LogP contribution in [0.4, 0.5) is 5.69 Å². The van der Waals surface area contributed by atoms with E-state index >= 15 is 0 Å². The van der Waals surface area contributed by atoms with Gasteiger partial charge in [0, 0.05) is 44.7 Å². The molecule has 134 valence electrons. The van der Waals surface area contributed by atoms with E-state index in [2.05, 4.69) is 10.6 Å². The van der Waals surface area contributed by atoms with Crippen molar-refractivity contribution in [2.45, 2.75) is 4.90 Å². The molecular formula is C13H19ClN4O5S. The molecule has 2 rings (SSSR count). The normalized spacial score (nSPS) is 14.6. The Balaban J connectivity index is 0.00000288. The lowest BCUT2D eigenvalue weighted by Crippen LogP contribution is -2.49. The molecular weight excluding hydrogens is 360 g/mol. The van der Waals surface area contributed by atoms with Crippen LogP contribution in [0.15, 0.2) is 29.2 Å². The second kappa shape index (κ2) is 8.38. The molecule has 0 atom stereocenters. The maximum Gasteiger partial charge on any atom is 0.270 e. The van der Waals surface area contributed by atoms with Gasteiger partial charge in [-0.05, 0) is 6.07 Å². The van der Waals surface area contributed by atoms with Gasteiger partial charge in [0.05, 0.1) is 16.4 Å². The Bertz CT molecular complexity index is 708. The first-order valence-electron chi connectivity index (χ1n) is 6.99. The molecule has 24 heavy (non-hydrogen) atoms. The number of halogens is 1. The number of carbonyl (C=O) groups is 1. The number of nitro groups is 1. The van der Waals surface area contributed by atoms with Gasteiger partial charge in [0.1, 0.15) is 0 Å². The summed E-state index contributed by atoms with van der Waals surface area (Å²) in [6.07, 6.45) is 0. The minimum atomic E-state index is -3.96. The second-order valence-electron chi connectivity index (χ2n) is 5.34. The monoisotopic (exact) mass is 378 g/mol. The third kappa shape index (κ3) is 4.87. The van der Waals surface area contributed by atoms with Gasteiger partial charge in [0.25, 0.3) is 5.69 Å². The average Bonchev–Trinajstić information content (AvgIpc) is 2.45. The van der Waals surface area contributed by atoms with Crippen LogP contribution in [0.2, 0.25) is 0 Å². The SMILES string of the molecule is CN(CC(=O)NCC1CNC1)S(=O)(=O)c1cccc([N+](=O)[O-])c1.Cl. The lowest BCUT2D eigenvalue weighted by Gasteiger charge is -2.27. The first kappa shape index (κ1) is 20.3. The van der Waals surface area contributed by atoms with Crippen LogP contribution in [0, 0.1) is 16.0 Å². The van der Waals surface area contributed by atoms with Crippen LogP contribution in [0.3, 0.4) is 0 Å². The van der Waals surface area contributed by atoms with Gasteiger partial charge >= 0.3 is 0 Å². The maximum absolute atomic E-state index is 12.4. The minimum Gasteiger partial charge on any atom is -0.355 e. The Labute approximate surface area is 146 Å². The Kier molecular flexibility index (Phi) is 7.08. The lowest BCUT2D eigenvalue weighted by atomic mass is 10.0. The van der Waals surface area contributed by atoms with Crippen LogP contribution >= 0.6 is 12.4 Å². The number of likely N-dealkylation sites (N-methyl/N-ethyl adjacent to an activating group) is 1. The molecule has 1 aromatic carbocycles. The fourth-order valence-electron chi connectivity index (χ4n) is 2.03. The molecule has 2 N–H and O–H groups in total. The Morgan fingerprint density at radius 3 is 2.67 bits per heavy atom. The molecule has 9 nitrogen and oxygen atoms in total. The van der Waals surface area contributed by atoms with Gasteiger partial charge in [0.15, 0.2) is 0 Å². The molecule has 0 aromatic heterocycles. The molecule has 0 bridgehead atoms. The predicted molar refractivity (Wildman–Crippen MR) is 89.5 cm³/mol. The van der Waals surface area contributed by atoms with Crippen molar-refractivity contribution in [1.82, 2.24) is 14.9 Å². The van der Waals surface area contributed by atoms with E-state index in [1.54, 1.807) is 0 Å². The van der Waals surface area contributed by atoms with Crippen molar-refractivity contribution < 1.29 is 18.1 Å². The molecule has 11 heteroatoms. The smallest absolute Gasteiger partial charge is 0.270 e. The van der Waals surface area contributed by atoms with E-state index in [-0.39, 0.29) is 29.5 Å². The second-order valence-corrected chi connectivity index (χ2v) is 7.39. The number of carbonyl (C=O) groups excluding carboxylic acids is 1. The zero-order valence-corrected chi connectivity index (χ0v) is 14.6. The molecule has 0 saturated carbocycles. The number of benzene rings is 1. The molecule has 0 aliphatic carbocycles. The largest absolute Gasteiger partial charge is 0.355 e. The van der Waals surface area contributed by atoms with E-state index in [1.807, 2.05) is 0 Å². The molecule has 1 aromatic rings. The van der Waals surface area contributed by atoms with Crippen LogP contribution in [-0.2, 0) is 14.8 Å². The highest BCUT2D eigenvalue weighted by molar-refractivity contribution is 7.89. The summed E-state index contributed by atoms with van der Waals surface area (Å²) in [6, 6.07) is 4.74. The molecule has 0 unspecified atom stereocenters. The van der Waals surface area contributed by atoms with Crippen molar-refractivity contribution >= 4 is 34.0 Å². The summed E-state index contributed by atoms with van der Waals surface area (Å²) in [5.41, 5.74) is -0.318. The summed E-state index contributed by atoms with van der Waals surface area (Å²) in [4.78, 5) is 21.7. The first-order chi connectivity index (χ1) is 10.8. The molecule has 1 fully saturated rings. The summed E-state index contributed by atoms with van der Waals surface area (Å²) in [5.74, 6) is -0.0361. The summed E-state index contributed by atoms with van der Waals surface area (Å²) in [7, 11) is -2.70. The first-order valence-corrected chi connectivity index (χ1v) is 8.43. The van der Waals surface area contributed by atoms with E-state index in [0.717, 1.165) is 23.5 Å². The molecule has 1 heterocycles. The van der Waals surface area contributed by atoms with Crippen LogP contribution in [0.25, 0.3) is 0 Å². The van der Waals surface area contributed by atoms with E-state index in [0.29, 0.717) is 12.5 Å². The van der Waals surface area contributed by atoms with Gasteiger partial charge in [-0.1, -0.05) is 6.07 Å². The van der Waals surface area contributed by atoms with E-state index in [9.17, 15) is 23.3 Å². The third-order valence-corrected chi connectivity index (χ3v) is 5.36.